The van der Waals surface area contributed by atoms with Crippen molar-refractivity contribution < 1.29 is 5.11 Å². The Morgan fingerprint density at radius 1 is 1.43 bits per heavy atom. The van der Waals surface area contributed by atoms with Crippen LogP contribution in [0.2, 0.25) is 5.02 Å². The van der Waals surface area contributed by atoms with E-state index in [1.165, 1.54) is 6.07 Å². The monoisotopic (exact) mass is 209 g/mol. The molecule has 0 aliphatic carbocycles. The van der Waals surface area contributed by atoms with E-state index in [0.717, 1.165) is 5.56 Å². The lowest BCUT2D eigenvalue weighted by Crippen LogP contribution is -2.05. The van der Waals surface area contributed by atoms with Crippen LogP contribution < -0.4 is 5.56 Å². The van der Waals surface area contributed by atoms with Crippen molar-refractivity contribution in [2.75, 3.05) is 0 Å². The number of hydrogen-bond acceptors (Lipinski definition) is 2. The number of aromatic nitrogens is 1. The van der Waals surface area contributed by atoms with E-state index in [1.807, 2.05) is 13.0 Å². The number of aryl methyl sites for hydroxylation is 1. The molecule has 2 aromatic rings. The highest BCUT2D eigenvalue weighted by molar-refractivity contribution is 6.35. The molecule has 14 heavy (non-hydrogen) atoms. The van der Waals surface area contributed by atoms with Gasteiger partial charge in [-0.1, -0.05) is 17.7 Å². The van der Waals surface area contributed by atoms with E-state index in [9.17, 15) is 9.90 Å². The Labute approximate surface area is 85.0 Å². The Morgan fingerprint density at radius 2 is 2.14 bits per heavy atom. The summed E-state index contributed by atoms with van der Waals surface area (Å²) in [5.74, 6) is -0.315. The van der Waals surface area contributed by atoms with Gasteiger partial charge in [-0.25, -0.2) is 0 Å². The third kappa shape index (κ3) is 1.26. The average molecular weight is 210 g/mol. The molecule has 72 valence electrons. The molecule has 0 atom stereocenters. The molecule has 0 aliphatic heterocycles. The molecule has 2 rings (SSSR count). The zero-order valence-corrected chi connectivity index (χ0v) is 8.22. The van der Waals surface area contributed by atoms with Crippen molar-refractivity contribution in [1.82, 2.24) is 4.98 Å². The summed E-state index contributed by atoms with van der Waals surface area (Å²) in [6.45, 7) is 1.87. The molecular formula is C10H8ClNO2. The molecule has 2 N–H and O–H groups in total. The van der Waals surface area contributed by atoms with Gasteiger partial charge in [-0.05, 0) is 24.6 Å². The van der Waals surface area contributed by atoms with Crippen LogP contribution in [0.4, 0.5) is 0 Å². The van der Waals surface area contributed by atoms with E-state index in [4.69, 9.17) is 11.6 Å². The van der Waals surface area contributed by atoms with E-state index < -0.39 is 5.56 Å². The normalized spacial score (nSPS) is 10.7. The number of nitrogens with one attached hydrogen (secondary N) is 1. The molecule has 0 unspecified atom stereocenters. The second kappa shape index (κ2) is 3.03. The lowest BCUT2D eigenvalue weighted by atomic mass is 10.1. The second-order valence-corrected chi connectivity index (χ2v) is 3.54. The standard InChI is InChI=1S/C10H8ClNO2/c1-5-2-3-7(11)6-4-8(13)10(14)12-9(5)6/h2-4,13H,1H3,(H,12,14). The first-order valence-electron chi connectivity index (χ1n) is 4.10. The van der Waals surface area contributed by atoms with Crippen LogP contribution in [0.5, 0.6) is 5.75 Å². The first-order valence-corrected chi connectivity index (χ1v) is 4.48. The lowest BCUT2D eigenvalue weighted by Gasteiger charge is -2.03. The van der Waals surface area contributed by atoms with Crippen molar-refractivity contribution in [1.29, 1.82) is 0 Å². The molecule has 0 saturated carbocycles. The van der Waals surface area contributed by atoms with Crippen LogP contribution in [-0.2, 0) is 0 Å². The van der Waals surface area contributed by atoms with Crippen LogP contribution in [0.1, 0.15) is 5.56 Å². The van der Waals surface area contributed by atoms with Gasteiger partial charge in [-0.3, -0.25) is 4.79 Å². The Kier molecular flexibility index (Phi) is 1.97. The fourth-order valence-corrected chi connectivity index (χ4v) is 1.60. The Bertz CT molecular complexity index is 560. The molecule has 1 aromatic heterocycles. The molecule has 0 amide bonds. The van der Waals surface area contributed by atoms with Gasteiger partial charge in [0, 0.05) is 5.39 Å². The Hall–Kier alpha value is -1.48. The van der Waals surface area contributed by atoms with Gasteiger partial charge >= 0.3 is 0 Å². The summed E-state index contributed by atoms with van der Waals surface area (Å²) in [6, 6.07) is 4.93. The summed E-state index contributed by atoms with van der Waals surface area (Å²) < 4.78 is 0. The highest BCUT2D eigenvalue weighted by Gasteiger charge is 2.05. The molecule has 0 radical (unpaired) electrons. The van der Waals surface area contributed by atoms with Crippen molar-refractivity contribution in [3.63, 3.8) is 0 Å². The van der Waals surface area contributed by atoms with E-state index in [-0.39, 0.29) is 5.75 Å². The van der Waals surface area contributed by atoms with Crippen LogP contribution >= 0.6 is 11.6 Å². The van der Waals surface area contributed by atoms with E-state index >= 15 is 0 Å². The molecule has 0 aliphatic rings. The predicted molar refractivity (Wildman–Crippen MR) is 56.0 cm³/mol. The topological polar surface area (TPSA) is 53.1 Å². The van der Waals surface area contributed by atoms with E-state index in [2.05, 4.69) is 4.98 Å². The third-order valence-corrected chi connectivity index (χ3v) is 2.48. The summed E-state index contributed by atoms with van der Waals surface area (Å²) in [5, 5.41) is 10.4. The van der Waals surface area contributed by atoms with Crippen molar-refractivity contribution in [3.8, 4) is 5.75 Å². The first-order chi connectivity index (χ1) is 6.59. The minimum Gasteiger partial charge on any atom is -0.503 e. The first kappa shape index (κ1) is 9.09. The van der Waals surface area contributed by atoms with E-state index in [0.29, 0.717) is 15.9 Å². The van der Waals surface area contributed by atoms with Crippen molar-refractivity contribution in [2.45, 2.75) is 6.92 Å². The number of pyridine rings is 1. The fraction of sp³-hybridized carbons (Fsp3) is 0.100. The summed E-state index contributed by atoms with van der Waals surface area (Å²) in [5.41, 5.74) is 1.09. The SMILES string of the molecule is Cc1ccc(Cl)c2cc(O)c(=O)[nH]c12. The van der Waals surface area contributed by atoms with Gasteiger partial charge in [0.05, 0.1) is 10.5 Å². The zero-order chi connectivity index (χ0) is 10.3. The summed E-state index contributed by atoms with van der Waals surface area (Å²) in [6.07, 6.45) is 0. The molecule has 3 nitrogen and oxygen atoms in total. The molecule has 0 spiro atoms. The van der Waals surface area contributed by atoms with Gasteiger partial charge in [0.1, 0.15) is 0 Å². The minimum atomic E-state index is -0.497. The maximum Gasteiger partial charge on any atom is 0.290 e. The van der Waals surface area contributed by atoms with Crippen LogP contribution in [-0.4, -0.2) is 10.1 Å². The van der Waals surface area contributed by atoms with Gasteiger partial charge in [0.2, 0.25) is 0 Å². The zero-order valence-electron chi connectivity index (χ0n) is 7.47. The van der Waals surface area contributed by atoms with Crippen LogP contribution in [0.15, 0.2) is 23.0 Å². The number of aromatic amines is 1. The molecular weight excluding hydrogens is 202 g/mol. The number of H-pyrrole nitrogens is 1. The number of aromatic hydroxyl groups is 1. The van der Waals surface area contributed by atoms with Gasteiger partial charge in [0.15, 0.2) is 5.75 Å². The van der Waals surface area contributed by atoms with Crippen molar-refractivity contribution in [2.24, 2.45) is 0 Å². The maximum atomic E-state index is 11.1. The lowest BCUT2D eigenvalue weighted by molar-refractivity contribution is 0.468. The minimum absolute atomic E-state index is 0.315. The van der Waals surface area contributed by atoms with Gasteiger partial charge in [-0.15, -0.1) is 0 Å². The quantitative estimate of drug-likeness (QED) is 0.699. The van der Waals surface area contributed by atoms with Crippen LogP contribution in [0.3, 0.4) is 0 Å². The highest BCUT2D eigenvalue weighted by atomic mass is 35.5. The van der Waals surface area contributed by atoms with Crippen LogP contribution in [0.25, 0.3) is 10.9 Å². The molecule has 4 heteroatoms. The fourth-order valence-electron chi connectivity index (χ4n) is 1.39. The Morgan fingerprint density at radius 3 is 2.86 bits per heavy atom. The third-order valence-electron chi connectivity index (χ3n) is 2.15. The molecule has 0 saturated heterocycles. The summed E-state index contributed by atoms with van der Waals surface area (Å²) in [7, 11) is 0. The van der Waals surface area contributed by atoms with Crippen molar-refractivity contribution in [3.05, 3.63) is 39.1 Å². The number of rotatable bonds is 0. The number of halogens is 1. The second-order valence-electron chi connectivity index (χ2n) is 3.14. The summed E-state index contributed by atoms with van der Waals surface area (Å²) >= 11 is 5.92. The summed E-state index contributed by atoms with van der Waals surface area (Å²) in [4.78, 5) is 13.7. The number of hydrogen-bond donors (Lipinski definition) is 2. The predicted octanol–water partition coefficient (Wildman–Crippen LogP) is 2.20. The Balaban J connectivity index is 3.01. The van der Waals surface area contributed by atoms with Crippen molar-refractivity contribution >= 4 is 22.5 Å². The average Bonchev–Trinajstić information content (AvgIpc) is 2.15. The van der Waals surface area contributed by atoms with Gasteiger partial charge < -0.3 is 10.1 Å². The smallest absolute Gasteiger partial charge is 0.290 e. The van der Waals surface area contributed by atoms with Gasteiger partial charge in [0.25, 0.3) is 5.56 Å². The highest BCUT2D eigenvalue weighted by Crippen LogP contribution is 2.25. The molecule has 0 bridgehead atoms. The molecule has 1 aromatic carbocycles. The van der Waals surface area contributed by atoms with E-state index in [1.54, 1.807) is 6.07 Å². The maximum absolute atomic E-state index is 11.1. The molecule has 0 fully saturated rings. The number of benzene rings is 1. The van der Waals surface area contributed by atoms with Crippen LogP contribution in [0, 0.1) is 6.92 Å². The molecule has 1 heterocycles. The largest absolute Gasteiger partial charge is 0.503 e. The number of fused-ring (bicyclic) bond motifs is 1. The van der Waals surface area contributed by atoms with Gasteiger partial charge in [-0.2, -0.15) is 0 Å².